The van der Waals surface area contributed by atoms with Gasteiger partial charge in [-0.25, -0.2) is 9.97 Å². The lowest BCUT2D eigenvalue weighted by Crippen LogP contribution is -2.18. The molecule has 0 unspecified atom stereocenters. The first-order valence-corrected chi connectivity index (χ1v) is 7.89. The van der Waals surface area contributed by atoms with Gasteiger partial charge in [-0.15, -0.1) is 0 Å². The number of hydrogen-bond donors (Lipinski definition) is 4. The highest BCUT2D eigenvalue weighted by Gasteiger charge is 2.32. The number of nitrogens with zero attached hydrogens (tertiary/aromatic N) is 2. The number of hydrogen-bond acceptors (Lipinski definition) is 6. The summed E-state index contributed by atoms with van der Waals surface area (Å²) in [7, 11) is 0. The number of aliphatic hydroxyl groups is 2. The first-order chi connectivity index (χ1) is 11.7. The van der Waals surface area contributed by atoms with Crippen LogP contribution in [0.5, 0.6) is 0 Å². The number of aliphatic hydroxyl groups excluding tert-OH is 2. The van der Waals surface area contributed by atoms with Crippen LogP contribution in [0.1, 0.15) is 23.2 Å². The van der Waals surface area contributed by atoms with Crippen molar-refractivity contribution in [2.24, 2.45) is 5.92 Å². The van der Waals surface area contributed by atoms with Gasteiger partial charge in [-0.3, -0.25) is 4.79 Å². The van der Waals surface area contributed by atoms with Gasteiger partial charge in [0.25, 0.3) is 5.91 Å². The average molecular weight is 328 g/mol. The Morgan fingerprint density at radius 2 is 1.92 bits per heavy atom. The first kappa shape index (κ1) is 16.4. The maximum atomic E-state index is 12.1. The van der Waals surface area contributed by atoms with Crippen molar-refractivity contribution >= 4 is 17.5 Å². The number of anilines is 2. The molecular weight excluding hydrogens is 308 g/mol. The lowest BCUT2D eigenvalue weighted by Gasteiger charge is -2.13. The van der Waals surface area contributed by atoms with Crippen LogP contribution in [0.25, 0.3) is 0 Å². The summed E-state index contributed by atoms with van der Waals surface area (Å²) in [5.41, 5.74) is 0.551. The lowest BCUT2D eigenvalue weighted by molar-refractivity contribution is 0.0908. The molecule has 1 aromatic heterocycles. The van der Waals surface area contributed by atoms with Gasteiger partial charge < -0.3 is 20.8 Å². The molecule has 1 aliphatic carbocycles. The number of carbonyl (C=O) groups is 1. The van der Waals surface area contributed by atoms with E-state index in [1.54, 1.807) is 30.3 Å². The van der Waals surface area contributed by atoms with Crippen LogP contribution in [-0.2, 0) is 0 Å². The minimum absolute atomic E-state index is 0.0263. The molecule has 1 amide bonds. The molecule has 3 rings (SSSR count). The van der Waals surface area contributed by atoms with Crippen molar-refractivity contribution in [1.29, 1.82) is 0 Å². The number of carbonyl (C=O) groups excluding carboxylic acids is 1. The maximum Gasteiger partial charge on any atom is 0.256 e. The van der Waals surface area contributed by atoms with Crippen LogP contribution < -0.4 is 10.6 Å². The molecule has 0 bridgehead atoms. The Kier molecular flexibility index (Phi) is 5.02. The normalized spacial score (nSPS) is 23.0. The van der Waals surface area contributed by atoms with E-state index >= 15 is 0 Å². The Hall–Kier alpha value is -2.51. The van der Waals surface area contributed by atoms with Crippen LogP contribution in [0.3, 0.4) is 0 Å². The molecule has 7 heteroatoms. The molecule has 0 saturated heterocycles. The largest absolute Gasteiger partial charge is 0.396 e. The Labute approximate surface area is 139 Å². The van der Waals surface area contributed by atoms with Gasteiger partial charge in [0.1, 0.15) is 18.0 Å². The molecule has 4 N–H and O–H groups in total. The summed E-state index contributed by atoms with van der Waals surface area (Å²) in [5, 5.41) is 25.0. The number of rotatable bonds is 5. The molecule has 1 aromatic carbocycles. The molecule has 1 saturated carbocycles. The number of aromatic nitrogens is 2. The SMILES string of the molecule is O=C(Nc1cc(N[C@@H]2C[C@H](CO)[C@@H](O)C2)ncn1)c1ccccc1. The fourth-order valence-electron chi connectivity index (χ4n) is 2.91. The quantitative estimate of drug-likeness (QED) is 0.658. The minimum atomic E-state index is -0.508. The minimum Gasteiger partial charge on any atom is -0.396 e. The van der Waals surface area contributed by atoms with Crippen LogP contribution in [0, 0.1) is 5.92 Å². The molecule has 7 nitrogen and oxygen atoms in total. The fraction of sp³-hybridized carbons (Fsp3) is 0.353. The fourth-order valence-corrected chi connectivity index (χ4v) is 2.91. The summed E-state index contributed by atoms with van der Waals surface area (Å²) in [6.45, 7) is -0.0263. The van der Waals surface area contributed by atoms with Crippen molar-refractivity contribution in [3.05, 3.63) is 48.3 Å². The first-order valence-electron chi connectivity index (χ1n) is 7.89. The van der Waals surface area contributed by atoms with Gasteiger partial charge in [0.05, 0.1) is 6.10 Å². The third-order valence-corrected chi connectivity index (χ3v) is 4.19. The van der Waals surface area contributed by atoms with Crippen molar-refractivity contribution in [3.8, 4) is 0 Å². The van der Waals surface area contributed by atoms with Crippen molar-refractivity contribution < 1.29 is 15.0 Å². The molecule has 1 aliphatic rings. The molecule has 0 radical (unpaired) electrons. The van der Waals surface area contributed by atoms with Crippen molar-refractivity contribution in [3.63, 3.8) is 0 Å². The van der Waals surface area contributed by atoms with Crippen LogP contribution in [-0.4, -0.2) is 44.8 Å². The second kappa shape index (κ2) is 7.37. The standard InChI is InChI=1S/C17H20N4O3/c22-9-12-6-13(7-14(12)23)20-15-8-16(19-10-18-15)21-17(24)11-4-2-1-3-5-11/h1-5,8,10,12-14,22-23H,6-7,9H2,(H2,18,19,20,21,24)/t12-,13-,14+/m1/s1. The number of benzene rings is 1. The smallest absolute Gasteiger partial charge is 0.256 e. The number of amides is 1. The van der Waals surface area contributed by atoms with Gasteiger partial charge >= 0.3 is 0 Å². The van der Waals surface area contributed by atoms with Crippen LogP contribution in [0.4, 0.5) is 11.6 Å². The van der Waals surface area contributed by atoms with Crippen LogP contribution >= 0.6 is 0 Å². The third-order valence-electron chi connectivity index (χ3n) is 4.19. The van der Waals surface area contributed by atoms with Gasteiger partial charge in [0.2, 0.25) is 0 Å². The van der Waals surface area contributed by atoms with Crippen molar-refractivity contribution in [1.82, 2.24) is 9.97 Å². The van der Waals surface area contributed by atoms with Crippen molar-refractivity contribution in [2.45, 2.75) is 25.0 Å². The van der Waals surface area contributed by atoms with E-state index in [0.29, 0.717) is 30.0 Å². The summed E-state index contributed by atoms with van der Waals surface area (Å²) >= 11 is 0. The highest BCUT2D eigenvalue weighted by Crippen LogP contribution is 2.28. The molecule has 24 heavy (non-hydrogen) atoms. The van der Waals surface area contributed by atoms with Gasteiger partial charge in [0.15, 0.2) is 0 Å². The molecule has 0 aliphatic heterocycles. The Morgan fingerprint density at radius 1 is 1.17 bits per heavy atom. The summed E-state index contributed by atoms with van der Waals surface area (Å²) in [5.74, 6) is 0.626. The predicted molar refractivity (Wildman–Crippen MR) is 89.7 cm³/mol. The summed E-state index contributed by atoms with van der Waals surface area (Å²) in [6, 6.07) is 10.6. The van der Waals surface area contributed by atoms with Gasteiger partial charge in [0, 0.05) is 30.2 Å². The zero-order valence-corrected chi connectivity index (χ0v) is 13.1. The third kappa shape index (κ3) is 3.87. The van der Waals surface area contributed by atoms with E-state index in [2.05, 4.69) is 20.6 Å². The highest BCUT2D eigenvalue weighted by molar-refractivity contribution is 6.03. The van der Waals surface area contributed by atoms with Gasteiger partial charge in [-0.05, 0) is 25.0 Å². The molecule has 3 atom stereocenters. The van der Waals surface area contributed by atoms with E-state index < -0.39 is 6.10 Å². The zero-order valence-electron chi connectivity index (χ0n) is 13.1. The molecule has 1 fully saturated rings. The van der Waals surface area contributed by atoms with Crippen LogP contribution in [0.15, 0.2) is 42.7 Å². The second-order valence-corrected chi connectivity index (χ2v) is 5.93. The topological polar surface area (TPSA) is 107 Å². The van der Waals surface area contributed by atoms with Gasteiger partial charge in [-0.2, -0.15) is 0 Å². The van der Waals surface area contributed by atoms with E-state index in [-0.39, 0.29) is 24.5 Å². The summed E-state index contributed by atoms with van der Waals surface area (Å²) in [4.78, 5) is 20.3. The van der Waals surface area contributed by atoms with E-state index in [0.717, 1.165) is 0 Å². The Bertz CT molecular complexity index is 695. The Morgan fingerprint density at radius 3 is 2.62 bits per heavy atom. The average Bonchev–Trinajstić information content (AvgIpc) is 2.95. The highest BCUT2D eigenvalue weighted by atomic mass is 16.3. The maximum absolute atomic E-state index is 12.1. The molecule has 1 heterocycles. The summed E-state index contributed by atoms with van der Waals surface area (Å²) < 4.78 is 0. The molecule has 126 valence electrons. The van der Waals surface area contributed by atoms with Crippen LogP contribution in [0.2, 0.25) is 0 Å². The Balaban J connectivity index is 1.63. The van der Waals surface area contributed by atoms with Crippen molar-refractivity contribution in [2.75, 3.05) is 17.2 Å². The molecule has 2 aromatic rings. The summed E-state index contributed by atoms with van der Waals surface area (Å²) in [6.07, 6.45) is 2.10. The van der Waals surface area contributed by atoms with Gasteiger partial charge in [-0.1, -0.05) is 18.2 Å². The predicted octanol–water partition coefficient (Wildman–Crippen LogP) is 1.27. The lowest BCUT2D eigenvalue weighted by atomic mass is 10.1. The van der Waals surface area contributed by atoms with E-state index in [1.165, 1.54) is 6.33 Å². The second-order valence-electron chi connectivity index (χ2n) is 5.93. The number of nitrogens with one attached hydrogen (secondary N) is 2. The molecule has 0 spiro atoms. The van der Waals surface area contributed by atoms with E-state index in [9.17, 15) is 15.0 Å². The van der Waals surface area contributed by atoms with E-state index in [4.69, 9.17) is 0 Å². The zero-order chi connectivity index (χ0) is 16.9. The van der Waals surface area contributed by atoms with E-state index in [1.807, 2.05) is 6.07 Å². The molecular formula is C17H20N4O3. The monoisotopic (exact) mass is 328 g/mol.